The van der Waals surface area contributed by atoms with Crippen molar-refractivity contribution in [2.45, 2.75) is 72.3 Å². The lowest BCUT2D eigenvalue weighted by Crippen LogP contribution is -2.42. The second kappa shape index (κ2) is 16.9. The molecule has 4 N–H and O–H groups in total. The lowest BCUT2D eigenvalue weighted by Gasteiger charge is -2.30. The molecule has 11 heteroatoms. The van der Waals surface area contributed by atoms with Gasteiger partial charge in [-0.25, -0.2) is 9.67 Å². The molecule has 0 saturated carbocycles. The van der Waals surface area contributed by atoms with Crippen LogP contribution in [0.1, 0.15) is 75.4 Å². The maximum atomic E-state index is 14.7. The fraction of sp³-hybridized carbons (Fsp3) is 0.395. The van der Waals surface area contributed by atoms with Crippen LogP contribution in [-0.2, 0) is 37.3 Å². The van der Waals surface area contributed by atoms with Crippen molar-refractivity contribution in [2.75, 3.05) is 44.7 Å². The van der Waals surface area contributed by atoms with E-state index in [-0.39, 0.29) is 11.9 Å². The Kier molecular flexibility index (Phi) is 11.7. The Morgan fingerprint density at radius 2 is 1.74 bits per heavy atom. The first-order chi connectivity index (χ1) is 26.3. The topological polar surface area (TPSA) is 131 Å². The van der Waals surface area contributed by atoms with Gasteiger partial charge >= 0.3 is 0 Å². The van der Waals surface area contributed by atoms with Crippen molar-refractivity contribution >= 4 is 28.5 Å². The number of hydrogen-bond acceptors (Lipinski definition) is 8. The van der Waals surface area contributed by atoms with Gasteiger partial charge in [-0.15, -0.1) is 0 Å². The van der Waals surface area contributed by atoms with E-state index in [1.807, 2.05) is 15.8 Å². The number of nitrogens with zero attached hydrogens (tertiary/aromatic N) is 5. The van der Waals surface area contributed by atoms with E-state index in [0.29, 0.717) is 50.4 Å². The largest absolute Gasteiger partial charge is 0.381 e. The summed E-state index contributed by atoms with van der Waals surface area (Å²) in [4.78, 5) is 36.5. The summed E-state index contributed by atoms with van der Waals surface area (Å²) in [5.74, 6) is -0.762. The van der Waals surface area contributed by atoms with E-state index < -0.39 is 5.91 Å². The van der Waals surface area contributed by atoms with E-state index in [1.54, 1.807) is 24.3 Å². The number of fused-ring (bicyclic) bond motifs is 1. The minimum atomic E-state index is -0.572. The molecule has 7 rings (SSSR count). The number of nitrogens with one attached hydrogen (secondary N) is 2. The number of pyridine rings is 1. The Morgan fingerprint density at radius 3 is 2.50 bits per heavy atom. The van der Waals surface area contributed by atoms with Gasteiger partial charge in [0.1, 0.15) is 0 Å². The molecule has 0 bridgehead atoms. The van der Waals surface area contributed by atoms with Crippen molar-refractivity contribution in [3.8, 4) is 11.1 Å². The van der Waals surface area contributed by atoms with Crippen molar-refractivity contribution in [1.29, 1.82) is 0 Å². The Morgan fingerprint density at radius 1 is 0.981 bits per heavy atom. The fourth-order valence-electron chi connectivity index (χ4n) is 7.80. The van der Waals surface area contributed by atoms with Crippen molar-refractivity contribution in [1.82, 2.24) is 29.9 Å². The van der Waals surface area contributed by atoms with Crippen molar-refractivity contribution in [3.05, 3.63) is 112 Å². The highest BCUT2D eigenvalue weighted by atomic mass is 16.5. The zero-order valence-electron chi connectivity index (χ0n) is 31.7. The van der Waals surface area contributed by atoms with Gasteiger partial charge in [-0.3, -0.25) is 14.5 Å². The maximum absolute atomic E-state index is 14.7. The first-order valence-corrected chi connectivity index (χ1v) is 19.3. The lowest BCUT2D eigenvalue weighted by molar-refractivity contribution is 0.0729. The molecule has 2 aromatic heterocycles. The second-order valence-corrected chi connectivity index (χ2v) is 14.4. The molecule has 4 heterocycles. The van der Waals surface area contributed by atoms with Gasteiger partial charge in [0.05, 0.1) is 23.8 Å². The third kappa shape index (κ3) is 8.18. The molecule has 0 atom stereocenters. The monoisotopic (exact) mass is 728 g/mol. The predicted molar refractivity (Wildman–Crippen MR) is 213 cm³/mol. The van der Waals surface area contributed by atoms with Crippen LogP contribution in [0.15, 0.2) is 72.9 Å². The van der Waals surface area contributed by atoms with E-state index >= 15 is 0 Å². The lowest BCUT2D eigenvalue weighted by atomic mass is 9.94. The summed E-state index contributed by atoms with van der Waals surface area (Å²) in [6.45, 7) is 14.1. The molecule has 2 saturated heterocycles. The molecule has 3 aromatic carbocycles. The van der Waals surface area contributed by atoms with E-state index in [1.165, 1.54) is 5.56 Å². The SMILES string of the molecule is CCc1nc2c(cnn2CC)c(NC2CCOCC2)c1CN(Cc1cccc(-c2cccc(CN3CCNCC3)c2)c1C)C(=O)c1cccc(C(N)=O)c1. The summed E-state index contributed by atoms with van der Waals surface area (Å²) in [5, 5.41) is 12.9. The van der Waals surface area contributed by atoms with Crippen molar-refractivity contribution in [2.24, 2.45) is 5.73 Å². The van der Waals surface area contributed by atoms with Crippen LogP contribution in [0.4, 0.5) is 5.69 Å². The summed E-state index contributed by atoms with van der Waals surface area (Å²) in [5.41, 5.74) is 15.8. The second-order valence-electron chi connectivity index (χ2n) is 14.4. The number of carbonyl (C=O) groups is 2. The highest BCUT2D eigenvalue weighted by Crippen LogP contribution is 2.34. The summed E-state index contributed by atoms with van der Waals surface area (Å²) in [6, 6.07) is 22.1. The Labute approximate surface area is 317 Å². The third-order valence-corrected chi connectivity index (χ3v) is 10.9. The smallest absolute Gasteiger partial charge is 0.254 e. The van der Waals surface area contributed by atoms with Crippen LogP contribution in [-0.4, -0.2) is 81.8 Å². The molecule has 11 nitrogen and oxygen atoms in total. The zero-order valence-corrected chi connectivity index (χ0v) is 31.7. The molecule has 2 aliphatic rings. The molecule has 0 radical (unpaired) electrons. The van der Waals surface area contributed by atoms with E-state index in [2.05, 4.69) is 83.9 Å². The predicted octanol–water partition coefficient (Wildman–Crippen LogP) is 5.93. The number of rotatable bonds is 13. The average Bonchev–Trinajstić information content (AvgIpc) is 3.62. The van der Waals surface area contributed by atoms with E-state index in [0.717, 1.165) is 95.8 Å². The Balaban J connectivity index is 1.28. The molecule has 5 aromatic rings. The van der Waals surface area contributed by atoms with Crippen molar-refractivity contribution in [3.63, 3.8) is 0 Å². The number of carbonyl (C=O) groups excluding carboxylic acids is 2. The maximum Gasteiger partial charge on any atom is 0.254 e. The quantitative estimate of drug-likeness (QED) is 0.136. The number of aromatic nitrogens is 3. The Bertz CT molecular complexity index is 2120. The van der Waals surface area contributed by atoms with Crippen LogP contribution >= 0.6 is 0 Å². The molecular formula is C43H52N8O3. The van der Waals surface area contributed by atoms with Gasteiger partial charge in [0.2, 0.25) is 5.91 Å². The minimum Gasteiger partial charge on any atom is -0.381 e. The van der Waals surface area contributed by atoms with Crippen LogP contribution in [0, 0.1) is 6.92 Å². The van der Waals surface area contributed by atoms with E-state index in [4.69, 9.17) is 15.5 Å². The first-order valence-electron chi connectivity index (χ1n) is 19.3. The third-order valence-electron chi connectivity index (χ3n) is 10.9. The van der Waals surface area contributed by atoms with Crippen molar-refractivity contribution < 1.29 is 14.3 Å². The first kappa shape index (κ1) is 37.2. The molecule has 0 unspecified atom stereocenters. The molecule has 2 amide bonds. The van der Waals surface area contributed by atoms with Crippen LogP contribution in [0.5, 0.6) is 0 Å². The Hall–Kier alpha value is -5.10. The van der Waals surface area contributed by atoms with Gasteiger partial charge < -0.3 is 26.0 Å². The summed E-state index contributed by atoms with van der Waals surface area (Å²) in [6.07, 6.45) is 4.35. The normalized spacial score (nSPS) is 15.4. The number of hydrogen-bond donors (Lipinski definition) is 3. The number of benzene rings is 3. The molecule has 2 aliphatic heterocycles. The number of nitrogens with two attached hydrogens (primary N) is 1. The summed E-state index contributed by atoms with van der Waals surface area (Å²) < 4.78 is 7.62. The van der Waals surface area contributed by atoms with Gasteiger partial charge in [0.15, 0.2) is 5.65 Å². The standard InChI is InChI=1S/C43H52N8O3/c1-4-39-38(40(47-35-15-21-54-22-16-35)37-25-46-51(5-2)42(37)48-39)28-50(43(53)33-12-7-11-32(24-33)41(44)52)27-34-13-8-14-36(29(34)3)31-10-6-9-30(23-31)26-49-19-17-45-18-20-49/h6-14,23-25,35,45H,4-5,15-22,26-28H2,1-3H3,(H2,44,52)(H,47,48). The number of primary amides is 1. The minimum absolute atomic E-state index is 0.190. The van der Waals surface area contributed by atoms with Gasteiger partial charge in [-0.1, -0.05) is 49.4 Å². The molecule has 282 valence electrons. The average molecular weight is 729 g/mol. The van der Waals surface area contributed by atoms with E-state index in [9.17, 15) is 9.59 Å². The number of aryl methyl sites for hydroxylation is 2. The van der Waals surface area contributed by atoms with Crippen LogP contribution in [0.2, 0.25) is 0 Å². The number of anilines is 1. The molecule has 0 aliphatic carbocycles. The molecule has 2 fully saturated rings. The molecular weight excluding hydrogens is 677 g/mol. The van der Waals surface area contributed by atoms with Gasteiger partial charge in [0.25, 0.3) is 5.91 Å². The molecule has 54 heavy (non-hydrogen) atoms. The van der Waals surface area contributed by atoms with Crippen LogP contribution < -0.4 is 16.4 Å². The number of piperazine rings is 1. The number of ether oxygens (including phenoxy) is 1. The van der Waals surface area contributed by atoms with Crippen LogP contribution in [0.3, 0.4) is 0 Å². The fourth-order valence-corrected chi connectivity index (χ4v) is 7.80. The van der Waals surface area contributed by atoms with Crippen LogP contribution in [0.25, 0.3) is 22.2 Å². The highest BCUT2D eigenvalue weighted by Gasteiger charge is 2.26. The van der Waals surface area contributed by atoms with Gasteiger partial charge in [-0.05, 0) is 85.2 Å². The van der Waals surface area contributed by atoms with Gasteiger partial charge in [-0.2, -0.15) is 5.10 Å². The summed E-state index contributed by atoms with van der Waals surface area (Å²) in [7, 11) is 0. The highest BCUT2D eigenvalue weighted by molar-refractivity contribution is 5.99. The summed E-state index contributed by atoms with van der Waals surface area (Å²) >= 11 is 0. The zero-order chi connectivity index (χ0) is 37.6. The van der Waals surface area contributed by atoms with Gasteiger partial charge in [0, 0.05) is 87.5 Å². The number of amides is 2. The molecule has 0 spiro atoms.